The summed E-state index contributed by atoms with van der Waals surface area (Å²) < 4.78 is 44.2. The number of alkyl carbamates (subject to hydrolysis) is 1. The Morgan fingerprint density at radius 2 is 1.63 bits per heavy atom. The molecule has 188 valence electrons. The zero-order chi connectivity index (χ0) is 25.6. The van der Waals surface area contributed by atoms with Crippen LogP contribution in [0.1, 0.15) is 43.2 Å². The van der Waals surface area contributed by atoms with Crippen LogP contribution >= 0.6 is 0 Å². The molecule has 0 fully saturated rings. The number of halogens is 3. The summed E-state index contributed by atoms with van der Waals surface area (Å²) in [6, 6.07) is 14.1. The van der Waals surface area contributed by atoms with Crippen LogP contribution < -0.4 is 5.32 Å². The summed E-state index contributed by atoms with van der Waals surface area (Å²) in [6.07, 6.45) is -4.64. The number of hydrogen-bond acceptors (Lipinski definition) is 4. The average molecular weight is 492 g/mol. The van der Waals surface area contributed by atoms with Gasteiger partial charge in [0.15, 0.2) is 0 Å². The van der Waals surface area contributed by atoms with Crippen LogP contribution in [0.3, 0.4) is 0 Å². The van der Waals surface area contributed by atoms with Crippen molar-refractivity contribution in [2.75, 3.05) is 19.7 Å². The number of carbonyl (C=O) groups is 3. The van der Waals surface area contributed by atoms with Gasteiger partial charge in [0, 0.05) is 5.92 Å². The Bertz CT molecular complexity index is 1030. The summed E-state index contributed by atoms with van der Waals surface area (Å²) in [4.78, 5) is 36.6. The fourth-order valence-corrected chi connectivity index (χ4v) is 4.26. The Hall–Kier alpha value is -3.56. The zero-order valence-corrected chi connectivity index (χ0v) is 19.2. The van der Waals surface area contributed by atoms with Gasteiger partial charge in [0.1, 0.15) is 25.7 Å². The van der Waals surface area contributed by atoms with Gasteiger partial charge in [0.05, 0.1) is 0 Å². The van der Waals surface area contributed by atoms with Crippen LogP contribution in [0.4, 0.5) is 18.0 Å². The van der Waals surface area contributed by atoms with Gasteiger partial charge in [0.25, 0.3) is 0 Å². The molecule has 35 heavy (non-hydrogen) atoms. The molecule has 1 aliphatic carbocycles. The topological polar surface area (TPSA) is 95.9 Å². The number of nitrogens with one attached hydrogen (secondary N) is 1. The monoisotopic (exact) mass is 492 g/mol. The zero-order valence-electron chi connectivity index (χ0n) is 19.2. The van der Waals surface area contributed by atoms with E-state index in [1.165, 1.54) is 0 Å². The minimum atomic E-state index is -4.79. The van der Waals surface area contributed by atoms with Crippen molar-refractivity contribution in [1.82, 2.24) is 10.2 Å². The molecule has 7 nitrogen and oxygen atoms in total. The summed E-state index contributed by atoms with van der Waals surface area (Å²) in [7, 11) is 0. The predicted octanol–water partition coefficient (Wildman–Crippen LogP) is 4.56. The smallest absolute Gasteiger partial charge is 0.407 e. The SMILES string of the molecule is CCCCC(NC(=O)OCC1c2ccccc2-c2ccccc21)C(=O)N(CC(=O)O)CC(F)(F)F. The first kappa shape index (κ1) is 26.1. The molecule has 0 saturated carbocycles. The number of aliphatic carboxylic acids is 1. The highest BCUT2D eigenvalue weighted by Gasteiger charge is 2.37. The van der Waals surface area contributed by atoms with Crippen molar-refractivity contribution in [3.05, 3.63) is 59.7 Å². The van der Waals surface area contributed by atoms with E-state index in [-0.39, 0.29) is 23.8 Å². The molecule has 10 heteroatoms. The number of rotatable bonds is 10. The van der Waals surface area contributed by atoms with Gasteiger partial charge in [0.2, 0.25) is 5.91 Å². The molecule has 3 rings (SSSR count). The van der Waals surface area contributed by atoms with Gasteiger partial charge in [-0.2, -0.15) is 13.2 Å². The maximum Gasteiger partial charge on any atom is 0.407 e. The second-order valence-electron chi connectivity index (χ2n) is 8.37. The van der Waals surface area contributed by atoms with Crippen molar-refractivity contribution in [3.8, 4) is 11.1 Å². The first-order chi connectivity index (χ1) is 16.6. The molecule has 1 unspecified atom stereocenters. The van der Waals surface area contributed by atoms with E-state index in [2.05, 4.69) is 5.32 Å². The molecule has 0 heterocycles. The summed E-state index contributed by atoms with van der Waals surface area (Å²) in [5, 5.41) is 11.3. The summed E-state index contributed by atoms with van der Waals surface area (Å²) >= 11 is 0. The number of alkyl halides is 3. The van der Waals surface area contributed by atoms with Crippen LogP contribution in [-0.4, -0.2) is 59.9 Å². The van der Waals surface area contributed by atoms with Crippen LogP contribution in [0.25, 0.3) is 11.1 Å². The lowest BCUT2D eigenvalue weighted by Crippen LogP contribution is -2.52. The number of unbranched alkanes of at least 4 members (excludes halogenated alkanes) is 1. The summed E-state index contributed by atoms with van der Waals surface area (Å²) in [5.41, 5.74) is 4.03. The third-order valence-electron chi connectivity index (χ3n) is 5.79. The minimum absolute atomic E-state index is 0.0318. The van der Waals surface area contributed by atoms with Crippen LogP contribution in [0.15, 0.2) is 48.5 Å². The lowest BCUT2D eigenvalue weighted by atomic mass is 9.98. The third kappa shape index (κ3) is 6.74. The molecule has 2 N–H and O–H groups in total. The normalized spacial score (nSPS) is 13.5. The number of hydrogen-bond donors (Lipinski definition) is 2. The standard InChI is InChI=1S/C25H27F3N2O5/c1-2-3-12-21(23(33)30(13-22(31)32)15-25(26,27)28)29-24(34)35-14-20-18-10-6-4-8-16(18)17-9-5-7-11-19(17)20/h4-11,20-21H,2-3,12-15H2,1H3,(H,29,34)(H,31,32). The summed E-state index contributed by atoms with van der Waals surface area (Å²) in [5.74, 6) is -2.93. The molecule has 0 aromatic heterocycles. The molecule has 0 spiro atoms. The molecule has 2 aromatic rings. The van der Waals surface area contributed by atoms with Crippen molar-refractivity contribution in [2.45, 2.75) is 44.3 Å². The highest BCUT2D eigenvalue weighted by atomic mass is 19.4. The highest BCUT2D eigenvalue weighted by Crippen LogP contribution is 2.44. The molecule has 2 aromatic carbocycles. The van der Waals surface area contributed by atoms with E-state index in [1.54, 1.807) is 0 Å². The van der Waals surface area contributed by atoms with Gasteiger partial charge < -0.3 is 20.1 Å². The van der Waals surface area contributed by atoms with Crippen molar-refractivity contribution in [1.29, 1.82) is 0 Å². The number of carboxylic acids is 1. The molecule has 0 saturated heterocycles. The Balaban J connectivity index is 1.71. The van der Waals surface area contributed by atoms with Crippen molar-refractivity contribution in [2.24, 2.45) is 0 Å². The van der Waals surface area contributed by atoms with Gasteiger partial charge in [-0.25, -0.2) is 4.79 Å². The van der Waals surface area contributed by atoms with E-state index in [0.29, 0.717) is 12.8 Å². The lowest BCUT2D eigenvalue weighted by Gasteiger charge is -2.27. The molecule has 0 aliphatic heterocycles. The van der Waals surface area contributed by atoms with Crippen LogP contribution in [0, 0.1) is 0 Å². The lowest BCUT2D eigenvalue weighted by molar-refractivity contribution is -0.166. The van der Waals surface area contributed by atoms with Crippen molar-refractivity contribution < 1.29 is 37.4 Å². The first-order valence-corrected chi connectivity index (χ1v) is 11.3. The Kier molecular flexibility index (Phi) is 8.37. The number of amides is 2. The van der Waals surface area contributed by atoms with Crippen LogP contribution in [0.2, 0.25) is 0 Å². The van der Waals surface area contributed by atoms with Gasteiger partial charge in [-0.3, -0.25) is 9.59 Å². The summed E-state index contributed by atoms with van der Waals surface area (Å²) in [6.45, 7) is -1.07. The van der Waals surface area contributed by atoms with E-state index in [9.17, 15) is 27.6 Å². The van der Waals surface area contributed by atoms with E-state index in [4.69, 9.17) is 9.84 Å². The predicted molar refractivity (Wildman–Crippen MR) is 122 cm³/mol. The molecular formula is C25H27F3N2O5. The van der Waals surface area contributed by atoms with Crippen molar-refractivity contribution >= 4 is 18.0 Å². The molecule has 1 atom stereocenters. The van der Waals surface area contributed by atoms with Crippen LogP contribution in [-0.2, 0) is 14.3 Å². The average Bonchev–Trinajstić information content (AvgIpc) is 3.12. The fourth-order valence-electron chi connectivity index (χ4n) is 4.26. The molecule has 0 radical (unpaired) electrons. The van der Waals surface area contributed by atoms with E-state index < -0.39 is 43.3 Å². The van der Waals surface area contributed by atoms with E-state index in [0.717, 1.165) is 22.3 Å². The number of nitrogens with zero attached hydrogens (tertiary/aromatic N) is 1. The minimum Gasteiger partial charge on any atom is -0.480 e. The van der Waals surface area contributed by atoms with Gasteiger partial charge >= 0.3 is 18.2 Å². The largest absolute Gasteiger partial charge is 0.480 e. The fraction of sp³-hybridized carbons (Fsp3) is 0.400. The van der Waals surface area contributed by atoms with Crippen LogP contribution in [0.5, 0.6) is 0 Å². The van der Waals surface area contributed by atoms with Crippen molar-refractivity contribution in [3.63, 3.8) is 0 Å². The molecule has 2 amide bonds. The maximum atomic E-state index is 12.9. The Morgan fingerprint density at radius 3 is 2.14 bits per heavy atom. The van der Waals surface area contributed by atoms with Gasteiger partial charge in [-0.1, -0.05) is 68.3 Å². The second-order valence-corrected chi connectivity index (χ2v) is 8.37. The second kappa shape index (κ2) is 11.2. The Morgan fingerprint density at radius 1 is 1.06 bits per heavy atom. The number of benzene rings is 2. The number of carboxylic acid groups (broad SMARTS) is 1. The van der Waals surface area contributed by atoms with E-state index >= 15 is 0 Å². The molecular weight excluding hydrogens is 465 g/mol. The molecule has 1 aliphatic rings. The van der Waals surface area contributed by atoms with E-state index in [1.807, 2.05) is 55.5 Å². The molecule has 0 bridgehead atoms. The quantitative estimate of drug-likeness (QED) is 0.507. The highest BCUT2D eigenvalue weighted by molar-refractivity contribution is 5.88. The third-order valence-corrected chi connectivity index (χ3v) is 5.79. The number of ether oxygens (including phenoxy) is 1. The Labute approximate surface area is 200 Å². The van der Waals surface area contributed by atoms with Gasteiger partial charge in [-0.15, -0.1) is 0 Å². The maximum absolute atomic E-state index is 12.9. The number of carbonyl (C=O) groups excluding carboxylic acids is 2. The van der Waals surface area contributed by atoms with Gasteiger partial charge in [-0.05, 0) is 28.7 Å². The first-order valence-electron chi connectivity index (χ1n) is 11.3. The number of fused-ring (bicyclic) bond motifs is 3.